The van der Waals surface area contributed by atoms with E-state index in [1.165, 1.54) is 11.3 Å². The molecular formula is C27H25IN2O5S. The summed E-state index contributed by atoms with van der Waals surface area (Å²) in [6, 6.07) is 12.6. The van der Waals surface area contributed by atoms with Crippen molar-refractivity contribution in [2.75, 3.05) is 20.3 Å². The zero-order valence-corrected chi connectivity index (χ0v) is 23.1. The van der Waals surface area contributed by atoms with Crippen LogP contribution in [-0.2, 0) is 9.53 Å². The number of hydrogen-bond acceptors (Lipinski definition) is 7. The van der Waals surface area contributed by atoms with E-state index < -0.39 is 12.0 Å². The first kappa shape index (κ1) is 25.9. The monoisotopic (exact) mass is 616 g/mol. The van der Waals surface area contributed by atoms with Crippen molar-refractivity contribution < 1.29 is 19.0 Å². The number of methoxy groups -OCH3 is 1. The van der Waals surface area contributed by atoms with Crippen molar-refractivity contribution in [3.8, 4) is 11.5 Å². The van der Waals surface area contributed by atoms with Crippen LogP contribution in [0.3, 0.4) is 0 Å². The topological polar surface area (TPSA) is 79.1 Å². The summed E-state index contributed by atoms with van der Waals surface area (Å²) in [6.07, 6.45) is 3.47. The third-order valence-electron chi connectivity index (χ3n) is 5.53. The predicted molar refractivity (Wildman–Crippen MR) is 148 cm³/mol. The molecule has 2 heterocycles. The second-order valence-corrected chi connectivity index (χ2v) is 10.0. The molecule has 1 aromatic heterocycles. The lowest BCUT2D eigenvalue weighted by atomic mass is 9.96. The number of thiazole rings is 1. The minimum atomic E-state index is -0.631. The molecule has 7 nitrogen and oxygen atoms in total. The molecule has 0 saturated heterocycles. The lowest BCUT2D eigenvalue weighted by Gasteiger charge is -2.24. The van der Waals surface area contributed by atoms with Gasteiger partial charge in [0.05, 0.1) is 39.1 Å². The average molecular weight is 616 g/mol. The van der Waals surface area contributed by atoms with Crippen molar-refractivity contribution in [1.29, 1.82) is 0 Å². The number of ether oxygens (including phenoxy) is 3. The maximum atomic E-state index is 13.7. The predicted octanol–water partition coefficient (Wildman–Crippen LogP) is 3.98. The molecule has 0 aliphatic carbocycles. The fourth-order valence-electron chi connectivity index (χ4n) is 4.00. The molecule has 0 fully saturated rings. The van der Waals surface area contributed by atoms with Gasteiger partial charge in [-0.1, -0.05) is 54.3 Å². The number of hydrogen-bond donors (Lipinski definition) is 0. The van der Waals surface area contributed by atoms with Gasteiger partial charge in [-0.2, -0.15) is 0 Å². The molecule has 0 amide bonds. The number of nitrogens with zero attached hydrogens (tertiary/aromatic N) is 2. The highest BCUT2D eigenvalue weighted by molar-refractivity contribution is 14.1. The summed E-state index contributed by atoms with van der Waals surface area (Å²) in [5.41, 5.74) is 2.26. The molecule has 186 valence electrons. The number of halogens is 1. The normalized spacial score (nSPS) is 15.2. The number of allylic oxidation sites excluding steroid dienone is 1. The Morgan fingerprint density at radius 1 is 1.28 bits per heavy atom. The molecular weight excluding hydrogens is 591 g/mol. The van der Waals surface area contributed by atoms with E-state index in [9.17, 15) is 9.59 Å². The molecule has 3 aromatic rings. The van der Waals surface area contributed by atoms with Crippen LogP contribution in [0.5, 0.6) is 11.5 Å². The fraction of sp³-hybridized carbons (Fsp3) is 0.222. The number of carbonyl (C=O) groups is 1. The molecule has 0 N–H and O–H groups in total. The number of rotatable bonds is 8. The third kappa shape index (κ3) is 5.03. The first-order valence-corrected chi connectivity index (χ1v) is 13.1. The maximum Gasteiger partial charge on any atom is 0.338 e. The minimum absolute atomic E-state index is 0.231. The van der Waals surface area contributed by atoms with Crippen molar-refractivity contribution in [2.24, 2.45) is 4.99 Å². The molecule has 0 saturated carbocycles. The van der Waals surface area contributed by atoms with Gasteiger partial charge < -0.3 is 14.2 Å². The van der Waals surface area contributed by atoms with Crippen LogP contribution in [0, 0.1) is 3.57 Å². The summed E-state index contributed by atoms with van der Waals surface area (Å²) in [5, 5.41) is 0. The van der Waals surface area contributed by atoms with Crippen LogP contribution in [0.1, 0.15) is 31.0 Å². The van der Waals surface area contributed by atoms with Crippen molar-refractivity contribution in [3.05, 3.63) is 101 Å². The molecule has 0 spiro atoms. The molecule has 1 atom stereocenters. The summed E-state index contributed by atoms with van der Waals surface area (Å²) < 4.78 is 19.5. The van der Waals surface area contributed by atoms with Gasteiger partial charge in [-0.25, -0.2) is 9.79 Å². The van der Waals surface area contributed by atoms with Gasteiger partial charge in [0.1, 0.15) is 6.61 Å². The van der Waals surface area contributed by atoms with E-state index >= 15 is 0 Å². The standard InChI is InChI=1S/C27H25IN2O5S/c1-5-12-35-24-19(28)13-17(14-20(24)33-4)15-21-25(31)30-23(18-10-8-7-9-11-18)22(26(32)34-6-2)16(3)29-27(30)36-21/h5,7-11,13-15,23H,1,6,12H2,2-4H3/b21-15+/t23-/m1/s1. The summed E-state index contributed by atoms with van der Waals surface area (Å²) >= 11 is 3.46. The van der Waals surface area contributed by atoms with E-state index in [0.29, 0.717) is 38.7 Å². The van der Waals surface area contributed by atoms with E-state index in [1.54, 1.807) is 37.7 Å². The van der Waals surface area contributed by atoms with E-state index in [1.807, 2.05) is 42.5 Å². The van der Waals surface area contributed by atoms with Gasteiger partial charge in [0.2, 0.25) is 0 Å². The number of fused-ring (bicyclic) bond motifs is 1. The van der Waals surface area contributed by atoms with Crippen LogP contribution in [-0.4, -0.2) is 30.9 Å². The van der Waals surface area contributed by atoms with Gasteiger partial charge in [0, 0.05) is 0 Å². The van der Waals surface area contributed by atoms with Crippen molar-refractivity contribution in [2.45, 2.75) is 19.9 Å². The average Bonchev–Trinajstić information content (AvgIpc) is 3.17. The molecule has 1 aliphatic rings. The molecule has 0 unspecified atom stereocenters. The molecule has 1 aliphatic heterocycles. The highest BCUT2D eigenvalue weighted by Gasteiger charge is 2.33. The first-order chi connectivity index (χ1) is 17.4. The Morgan fingerprint density at radius 3 is 2.69 bits per heavy atom. The van der Waals surface area contributed by atoms with Gasteiger partial charge in [-0.05, 0) is 65.8 Å². The van der Waals surface area contributed by atoms with Crippen molar-refractivity contribution in [3.63, 3.8) is 0 Å². The smallest absolute Gasteiger partial charge is 0.338 e. The quantitative estimate of drug-likeness (QED) is 0.218. The third-order valence-corrected chi connectivity index (χ3v) is 7.31. The minimum Gasteiger partial charge on any atom is -0.493 e. The number of benzene rings is 2. The lowest BCUT2D eigenvalue weighted by molar-refractivity contribution is -0.139. The van der Waals surface area contributed by atoms with Crippen LogP contribution in [0.4, 0.5) is 0 Å². The Hall–Kier alpha value is -3.18. The summed E-state index contributed by atoms with van der Waals surface area (Å²) in [4.78, 5) is 31.8. The summed E-state index contributed by atoms with van der Waals surface area (Å²) in [5.74, 6) is 0.706. The fourth-order valence-corrected chi connectivity index (χ4v) is 5.83. The highest BCUT2D eigenvalue weighted by Crippen LogP contribution is 2.34. The first-order valence-electron chi connectivity index (χ1n) is 11.2. The second-order valence-electron chi connectivity index (χ2n) is 7.85. The van der Waals surface area contributed by atoms with Crippen molar-refractivity contribution >= 4 is 46.0 Å². The summed E-state index contributed by atoms with van der Waals surface area (Å²) in [7, 11) is 1.57. The van der Waals surface area contributed by atoms with Crippen molar-refractivity contribution in [1.82, 2.24) is 4.57 Å². The van der Waals surface area contributed by atoms with Gasteiger partial charge in [0.25, 0.3) is 5.56 Å². The van der Waals surface area contributed by atoms with Gasteiger partial charge >= 0.3 is 5.97 Å². The summed E-state index contributed by atoms with van der Waals surface area (Å²) in [6.45, 7) is 7.79. The lowest BCUT2D eigenvalue weighted by Crippen LogP contribution is -2.39. The molecule has 0 bridgehead atoms. The number of aromatic nitrogens is 1. The zero-order chi connectivity index (χ0) is 25.8. The second kappa shape index (κ2) is 11.3. The molecule has 0 radical (unpaired) electrons. The van der Waals surface area contributed by atoms with Crippen LogP contribution in [0.15, 0.2) is 76.2 Å². The van der Waals surface area contributed by atoms with Crippen LogP contribution in [0.2, 0.25) is 0 Å². The van der Waals surface area contributed by atoms with Crippen LogP contribution < -0.4 is 24.4 Å². The maximum absolute atomic E-state index is 13.7. The molecule has 36 heavy (non-hydrogen) atoms. The van der Waals surface area contributed by atoms with Gasteiger partial charge in [0.15, 0.2) is 16.3 Å². The Kier molecular flexibility index (Phi) is 8.10. The number of esters is 1. The largest absolute Gasteiger partial charge is 0.493 e. The Labute approximate surface area is 226 Å². The van der Waals surface area contributed by atoms with E-state index in [2.05, 4.69) is 34.2 Å². The van der Waals surface area contributed by atoms with E-state index in [4.69, 9.17) is 14.2 Å². The zero-order valence-electron chi connectivity index (χ0n) is 20.1. The Balaban J connectivity index is 1.89. The van der Waals surface area contributed by atoms with E-state index in [-0.39, 0.29) is 12.2 Å². The number of carbonyl (C=O) groups excluding carboxylic acids is 1. The van der Waals surface area contributed by atoms with Crippen LogP contribution >= 0.6 is 33.9 Å². The van der Waals surface area contributed by atoms with E-state index in [0.717, 1.165) is 14.7 Å². The molecule has 2 aromatic carbocycles. The SMILES string of the molecule is C=CCOc1c(I)cc(/C=c2/sc3n(c2=O)[C@H](c2ccccc2)C(C(=O)OCC)=C(C)N=3)cc1OC. The van der Waals surface area contributed by atoms with Gasteiger partial charge in [-0.3, -0.25) is 9.36 Å². The molecule has 9 heteroatoms. The van der Waals surface area contributed by atoms with Crippen LogP contribution in [0.25, 0.3) is 6.08 Å². The Bertz CT molecular complexity index is 1520. The highest BCUT2D eigenvalue weighted by atomic mass is 127. The molecule has 4 rings (SSSR count). The van der Waals surface area contributed by atoms with Gasteiger partial charge in [-0.15, -0.1) is 0 Å². The Morgan fingerprint density at radius 2 is 2.03 bits per heavy atom.